The highest BCUT2D eigenvalue weighted by Gasteiger charge is 2.03. The van der Waals surface area contributed by atoms with E-state index < -0.39 is 0 Å². The van der Waals surface area contributed by atoms with Crippen molar-refractivity contribution in [1.82, 2.24) is 20.4 Å². The predicted octanol–water partition coefficient (Wildman–Crippen LogP) is 3.58. The lowest BCUT2D eigenvalue weighted by molar-refractivity contribution is 0.338. The third-order valence-electron chi connectivity index (χ3n) is 4.17. The summed E-state index contributed by atoms with van der Waals surface area (Å²) in [7, 11) is 1.79. The van der Waals surface area contributed by atoms with Crippen molar-refractivity contribution in [1.29, 1.82) is 0 Å². The van der Waals surface area contributed by atoms with Gasteiger partial charge in [0.05, 0.1) is 12.3 Å². The molecule has 0 aliphatic rings. The molecule has 0 aliphatic carbocycles. The summed E-state index contributed by atoms with van der Waals surface area (Å²) in [5, 5.41) is 11.2. The fourth-order valence-corrected chi connectivity index (χ4v) is 2.88. The molecule has 2 rings (SSSR count). The van der Waals surface area contributed by atoms with Crippen LogP contribution >= 0.6 is 24.0 Å². The van der Waals surface area contributed by atoms with Crippen molar-refractivity contribution in [3.05, 3.63) is 46.8 Å². The van der Waals surface area contributed by atoms with E-state index in [0.717, 1.165) is 49.0 Å². The lowest BCUT2D eigenvalue weighted by Crippen LogP contribution is -2.37. The lowest BCUT2D eigenvalue weighted by Gasteiger charge is -2.13. The van der Waals surface area contributed by atoms with Crippen LogP contribution in [-0.4, -0.2) is 35.9 Å². The van der Waals surface area contributed by atoms with Crippen LogP contribution in [0.2, 0.25) is 0 Å². The van der Waals surface area contributed by atoms with Crippen LogP contribution in [0.4, 0.5) is 0 Å². The monoisotopic (exact) mass is 485 g/mol. The molecule has 0 bridgehead atoms. The van der Waals surface area contributed by atoms with Crippen molar-refractivity contribution >= 4 is 29.9 Å². The van der Waals surface area contributed by atoms with E-state index in [2.05, 4.69) is 57.5 Å². The molecule has 1 aromatic heterocycles. The molecular formula is C20H32IN5O. The smallest absolute Gasteiger partial charge is 0.191 e. The number of aryl methyl sites for hydroxylation is 4. The number of hydrogen-bond acceptors (Lipinski definition) is 3. The molecule has 27 heavy (non-hydrogen) atoms. The summed E-state index contributed by atoms with van der Waals surface area (Å²) in [4.78, 5) is 4.29. The SMILES string of the molecule is CCOc1ccc(CNC(=NC)NCCCn2nc(C)cc2C)cc1C.I. The molecule has 6 nitrogen and oxygen atoms in total. The van der Waals surface area contributed by atoms with E-state index >= 15 is 0 Å². The van der Waals surface area contributed by atoms with Gasteiger partial charge in [0.25, 0.3) is 0 Å². The third kappa shape index (κ3) is 7.40. The van der Waals surface area contributed by atoms with Crippen molar-refractivity contribution in [3.8, 4) is 5.75 Å². The minimum atomic E-state index is 0. The Morgan fingerprint density at radius 2 is 1.96 bits per heavy atom. The van der Waals surface area contributed by atoms with Gasteiger partial charge in [-0.05, 0) is 57.4 Å². The lowest BCUT2D eigenvalue weighted by atomic mass is 10.1. The van der Waals surface area contributed by atoms with Crippen LogP contribution in [-0.2, 0) is 13.1 Å². The summed E-state index contributed by atoms with van der Waals surface area (Å²) < 4.78 is 7.64. The molecule has 150 valence electrons. The van der Waals surface area contributed by atoms with Gasteiger partial charge in [-0.2, -0.15) is 5.10 Å². The topological polar surface area (TPSA) is 63.5 Å². The van der Waals surface area contributed by atoms with E-state index in [1.807, 2.05) is 19.9 Å². The van der Waals surface area contributed by atoms with Crippen LogP contribution in [0.15, 0.2) is 29.3 Å². The van der Waals surface area contributed by atoms with Crippen molar-refractivity contribution < 1.29 is 4.74 Å². The molecule has 1 aromatic carbocycles. The Morgan fingerprint density at radius 1 is 1.19 bits per heavy atom. The van der Waals surface area contributed by atoms with Gasteiger partial charge in [-0.15, -0.1) is 24.0 Å². The number of aromatic nitrogens is 2. The Kier molecular flexibility index (Phi) is 10.2. The molecule has 0 amide bonds. The Bertz CT molecular complexity index is 742. The molecule has 0 atom stereocenters. The van der Waals surface area contributed by atoms with Crippen LogP contribution in [0.5, 0.6) is 5.75 Å². The number of hydrogen-bond donors (Lipinski definition) is 2. The van der Waals surface area contributed by atoms with E-state index in [-0.39, 0.29) is 24.0 Å². The summed E-state index contributed by atoms with van der Waals surface area (Å²) in [5.41, 5.74) is 4.63. The van der Waals surface area contributed by atoms with Crippen LogP contribution in [0.1, 0.15) is 35.9 Å². The van der Waals surface area contributed by atoms with Crippen LogP contribution < -0.4 is 15.4 Å². The summed E-state index contributed by atoms with van der Waals surface area (Å²) in [5.74, 6) is 1.76. The number of halogens is 1. The number of rotatable bonds is 8. The zero-order valence-corrected chi connectivity index (χ0v) is 19.3. The van der Waals surface area contributed by atoms with Gasteiger partial charge in [0.15, 0.2) is 5.96 Å². The zero-order valence-electron chi connectivity index (χ0n) is 17.0. The van der Waals surface area contributed by atoms with Crippen LogP contribution in [0.3, 0.4) is 0 Å². The van der Waals surface area contributed by atoms with Crippen molar-refractivity contribution in [3.63, 3.8) is 0 Å². The fourth-order valence-electron chi connectivity index (χ4n) is 2.88. The number of benzene rings is 1. The third-order valence-corrected chi connectivity index (χ3v) is 4.17. The molecule has 1 heterocycles. The van der Waals surface area contributed by atoms with E-state index in [1.165, 1.54) is 11.3 Å². The molecule has 0 unspecified atom stereocenters. The molecule has 2 N–H and O–H groups in total. The Labute approximate surface area is 179 Å². The van der Waals surface area contributed by atoms with Crippen molar-refractivity contribution in [2.75, 3.05) is 20.2 Å². The Morgan fingerprint density at radius 3 is 2.56 bits per heavy atom. The molecule has 7 heteroatoms. The second-order valence-corrected chi connectivity index (χ2v) is 6.39. The maximum atomic E-state index is 5.59. The Hall–Kier alpha value is -1.77. The van der Waals surface area contributed by atoms with Gasteiger partial charge < -0.3 is 15.4 Å². The highest BCUT2D eigenvalue weighted by Crippen LogP contribution is 2.18. The van der Waals surface area contributed by atoms with E-state index in [0.29, 0.717) is 6.61 Å². The van der Waals surface area contributed by atoms with E-state index in [4.69, 9.17) is 4.74 Å². The molecule has 2 aromatic rings. The largest absolute Gasteiger partial charge is 0.494 e. The zero-order chi connectivity index (χ0) is 18.9. The summed E-state index contributed by atoms with van der Waals surface area (Å²) in [6.45, 7) is 11.3. The van der Waals surface area contributed by atoms with Gasteiger partial charge in [-0.1, -0.05) is 12.1 Å². The predicted molar refractivity (Wildman–Crippen MR) is 122 cm³/mol. The number of aliphatic imine (C=N–C) groups is 1. The Balaban J connectivity index is 0.00000364. The maximum absolute atomic E-state index is 5.59. The number of nitrogens with one attached hydrogen (secondary N) is 2. The molecule has 0 saturated carbocycles. The summed E-state index contributed by atoms with van der Waals surface area (Å²) in [6.07, 6.45) is 0.991. The molecule has 0 fully saturated rings. The van der Waals surface area contributed by atoms with Crippen molar-refractivity contribution in [2.24, 2.45) is 4.99 Å². The molecule has 0 aliphatic heterocycles. The van der Waals surface area contributed by atoms with E-state index in [9.17, 15) is 0 Å². The van der Waals surface area contributed by atoms with Gasteiger partial charge in [-0.25, -0.2) is 0 Å². The van der Waals surface area contributed by atoms with E-state index in [1.54, 1.807) is 7.05 Å². The van der Waals surface area contributed by atoms with Gasteiger partial charge in [0, 0.05) is 32.4 Å². The first-order valence-electron chi connectivity index (χ1n) is 9.21. The minimum Gasteiger partial charge on any atom is -0.494 e. The number of nitrogens with zero attached hydrogens (tertiary/aromatic N) is 3. The van der Waals surface area contributed by atoms with Gasteiger partial charge in [0.2, 0.25) is 0 Å². The van der Waals surface area contributed by atoms with Gasteiger partial charge in [0.1, 0.15) is 5.75 Å². The molecule has 0 saturated heterocycles. The van der Waals surface area contributed by atoms with Gasteiger partial charge >= 0.3 is 0 Å². The standard InChI is InChI=1S/C20H31N5O.HI/c1-6-26-19-9-8-18(12-15(19)2)14-23-20(21-5)22-10-7-11-25-17(4)13-16(3)24-25;/h8-9,12-13H,6-7,10-11,14H2,1-5H3,(H2,21,22,23);1H. The average molecular weight is 485 g/mol. The van der Waals surface area contributed by atoms with Gasteiger partial charge in [-0.3, -0.25) is 9.67 Å². The van der Waals surface area contributed by atoms with Crippen LogP contribution in [0, 0.1) is 20.8 Å². The van der Waals surface area contributed by atoms with Crippen LogP contribution in [0.25, 0.3) is 0 Å². The fraction of sp³-hybridized carbons (Fsp3) is 0.500. The first-order valence-corrected chi connectivity index (χ1v) is 9.21. The quantitative estimate of drug-likeness (QED) is 0.260. The number of ether oxygens (including phenoxy) is 1. The highest BCUT2D eigenvalue weighted by molar-refractivity contribution is 14.0. The summed E-state index contributed by atoms with van der Waals surface area (Å²) >= 11 is 0. The van der Waals surface area contributed by atoms with Crippen molar-refractivity contribution in [2.45, 2.75) is 47.2 Å². The summed E-state index contributed by atoms with van der Waals surface area (Å²) in [6, 6.07) is 8.36. The molecule has 0 spiro atoms. The molecule has 0 radical (unpaired) electrons. The minimum absolute atomic E-state index is 0. The molecular weight excluding hydrogens is 453 g/mol. The number of guanidine groups is 1. The normalized spacial score (nSPS) is 11.1. The highest BCUT2D eigenvalue weighted by atomic mass is 127. The second-order valence-electron chi connectivity index (χ2n) is 6.39. The maximum Gasteiger partial charge on any atom is 0.191 e. The average Bonchev–Trinajstić information content (AvgIpc) is 2.94. The second kappa shape index (κ2) is 11.8. The first kappa shape index (κ1) is 23.3. The first-order chi connectivity index (χ1) is 12.5.